The van der Waals surface area contributed by atoms with Crippen LogP contribution in [0.1, 0.15) is 55.8 Å². The maximum Gasteiger partial charge on any atom is 0.251 e. The molecule has 2 aliphatic heterocycles. The van der Waals surface area contributed by atoms with Crippen LogP contribution in [0.15, 0.2) is 18.2 Å². The molecule has 3 rings (SSSR count). The van der Waals surface area contributed by atoms with Gasteiger partial charge in [-0.15, -0.1) is 0 Å². The van der Waals surface area contributed by atoms with Gasteiger partial charge < -0.3 is 14.8 Å². The SMILES string of the molecule is CCCN1[C@@H]2CCC[C@H]1CC(NC(=O)c1ccc(OC)c(OC)c1)C2. The summed E-state index contributed by atoms with van der Waals surface area (Å²) < 4.78 is 10.6. The summed E-state index contributed by atoms with van der Waals surface area (Å²) in [7, 11) is 3.19. The van der Waals surface area contributed by atoms with Crippen LogP contribution in [0.3, 0.4) is 0 Å². The molecule has 2 bridgehead atoms. The Labute approximate surface area is 150 Å². The van der Waals surface area contributed by atoms with Crippen LogP contribution >= 0.6 is 0 Å². The molecule has 5 heteroatoms. The molecular weight excluding hydrogens is 316 g/mol. The molecular formula is C20H30N2O3. The van der Waals surface area contributed by atoms with Crippen molar-refractivity contribution in [3.05, 3.63) is 23.8 Å². The Bertz CT molecular complexity index is 591. The average Bonchev–Trinajstić information content (AvgIpc) is 2.61. The van der Waals surface area contributed by atoms with E-state index in [0.717, 1.165) is 12.8 Å². The third-order valence-corrected chi connectivity index (χ3v) is 5.59. The molecule has 1 unspecified atom stereocenters. The second-order valence-electron chi connectivity index (χ2n) is 7.19. The van der Waals surface area contributed by atoms with Crippen molar-refractivity contribution in [1.29, 1.82) is 0 Å². The minimum absolute atomic E-state index is 0.0204. The van der Waals surface area contributed by atoms with Crippen molar-refractivity contribution in [3.63, 3.8) is 0 Å². The van der Waals surface area contributed by atoms with E-state index in [-0.39, 0.29) is 11.9 Å². The van der Waals surface area contributed by atoms with Crippen LogP contribution in [0, 0.1) is 0 Å². The highest BCUT2D eigenvalue weighted by Crippen LogP contribution is 2.34. The molecule has 1 aromatic rings. The van der Waals surface area contributed by atoms with Gasteiger partial charge >= 0.3 is 0 Å². The summed E-state index contributed by atoms with van der Waals surface area (Å²) in [6.45, 7) is 3.44. The van der Waals surface area contributed by atoms with Gasteiger partial charge in [0.1, 0.15) is 0 Å². The lowest BCUT2D eigenvalue weighted by atomic mass is 9.81. The number of hydrogen-bond donors (Lipinski definition) is 1. The predicted octanol–water partition coefficient (Wildman–Crippen LogP) is 3.23. The van der Waals surface area contributed by atoms with Crippen molar-refractivity contribution in [3.8, 4) is 11.5 Å². The fraction of sp³-hybridized carbons (Fsp3) is 0.650. The van der Waals surface area contributed by atoms with Gasteiger partial charge in [-0.2, -0.15) is 0 Å². The number of carbonyl (C=O) groups excluding carboxylic acids is 1. The van der Waals surface area contributed by atoms with Gasteiger partial charge in [0.2, 0.25) is 0 Å². The summed E-state index contributed by atoms with van der Waals surface area (Å²) in [5.41, 5.74) is 0.624. The number of hydrogen-bond acceptors (Lipinski definition) is 4. The standard InChI is InChI=1S/C20H30N2O3/c1-4-10-22-16-6-5-7-17(22)13-15(12-16)21-20(23)14-8-9-18(24-2)19(11-14)25-3/h8-9,11,15-17H,4-7,10,12-13H2,1-3H3,(H,21,23)/t15?,16-,17+. The third kappa shape index (κ3) is 3.92. The third-order valence-electron chi connectivity index (χ3n) is 5.59. The number of fused-ring (bicyclic) bond motifs is 2. The number of amides is 1. The zero-order valence-corrected chi connectivity index (χ0v) is 15.6. The van der Waals surface area contributed by atoms with E-state index < -0.39 is 0 Å². The molecule has 2 aliphatic rings. The van der Waals surface area contributed by atoms with E-state index in [0.29, 0.717) is 29.1 Å². The van der Waals surface area contributed by atoms with Crippen LogP contribution in [0.2, 0.25) is 0 Å². The quantitative estimate of drug-likeness (QED) is 0.859. The summed E-state index contributed by atoms with van der Waals surface area (Å²) in [4.78, 5) is 15.4. The van der Waals surface area contributed by atoms with Crippen LogP contribution in [0.5, 0.6) is 11.5 Å². The fourth-order valence-corrected chi connectivity index (χ4v) is 4.47. The molecule has 0 aliphatic carbocycles. The second kappa shape index (κ2) is 8.09. The topological polar surface area (TPSA) is 50.8 Å². The minimum Gasteiger partial charge on any atom is -0.493 e. The number of nitrogens with zero attached hydrogens (tertiary/aromatic N) is 1. The van der Waals surface area contributed by atoms with Gasteiger partial charge in [0, 0.05) is 23.7 Å². The van der Waals surface area contributed by atoms with Crippen LogP contribution in [-0.2, 0) is 0 Å². The Morgan fingerprint density at radius 3 is 2.44 bits per heavy atom. The molecule has 0 spiro atoms. The van der Waals surface area contributed by atoms with Crippen molar-refractivity contribution >= 4 is 5.91 Å². The van der Waals surface area contributed by atoms with E-state index in [2.05, 4.69) is 17.1 Å². The van der Waals surface area contributed by atoms with E-state index >= 15 is 0 Å². The Morgan fingerprint density at radius 2 is 1.84 bits per heavy atom. The Hall–Kier alpha value is -1.75. The lowest BCUT2D eigenvalue weighted by Gasteiger charge is -2.49. The molecule has 1 amide bonds. The van der Waals surface area contributed by atoms with Crippen LogP contribution in [0.25, 0.3) is 0 Å². The van der Waals surface area contributed by atoms with Gasteiger partial charge in [-0.25, -0.2) is 0 Å². The summed E-state index contributed by atoms with van der Waals surface area (Å²) >= 11 is 0. The summed E-state index contributed by atoms with van der Waals surface area (Å²) in [6.07, 6.45) is 7.19. The summed E-state index contributed by atoms with van der Waals surface area (Å²) in [6, 6.07) is 6.85. The number of rotatable bonds is 6. The van der Waals surface area contributed by atoms with Crippen LogP contribution in [-0.4, -0.2) is 49.7 Å². The lowest BCUT2D eigenvalue weighted by Crippen LogP contribution is -2.57. The number of carbonyl (C=O) groups is 1. The summed E-state index contributed by atoms with van der Waals surface area (Å²) in [5.74, 6) is 1.21. The molecule has 3 atom stereocenters. The lowest BCUT2D eigenvalue weighted by molar-refractivity contribution is 0.0245. The monoisotopic (exact) mass is 346 g/mol. The van der Waals surface area contributed by atoms with E-state index in [1.165, 1.54) is 32.2 Å². The number of ether oxygens (including phenoxy) is 2. The molecule has 1 aromatic carbocycles. The minimum atomic E-state index is -0.0204. The second-order valence-corrected chi connectivity index (χ2v) is 7.19. The Balaban J connectivity index is 1.66. The highest BCUT2D eigenvalue weighted by Gasteiger charge is 2.38. The zero-order chi connectivity index (χ0) is 17.8. The van der Waals surface area contributed by atoms with E-state index in [4.69, 9.17) is 9.47 Å². The van der Waals surface area contributed by atoms with Crippen molar-refractivity contribution in [2.24, 2.45) is 0 Å². The molecule has 2 saturated heterocycles. The van der Waals surface area contributed by atoms with Crippen LogP contribution in [0.4, 0.5) is 0 Å². The molecule has 2 heterocycles. The Morgan fingerprint density at radius 1 is 1.16 bits per heavy atom. The first-order valence-electron chi connectivity index (χ1n) is 9.44. The van der Waals surface area contributed by atoms with Gasteiger partial charge in [-0.1, -0.05) is 13.3 Å². The molecule has 0 aromatic heterocycles. The number of nitrogens with one attached hydrogen (secondary N) is 1. The predicted molar refractivity (Wildman–Crippen MR) is 98.5 cm³/mol. The first-order valence-corrected chi connectivity index (χ1v) is 9.44. The first kappa shape index (κ1) is 18.1. The number of benzene rings is 1. The van der Waals surface area contributed by atoms with Gasteiger partial charge in [0.05, 0.1) is 14.2 Å². The smallest absolute Gasteiger partial charge is 0.251 e. The van der Waals surface area contributed by atoms with Gasteiger partial charge in [0.15, 0.2) is 11.5 Å². The molecule has 25 heavy (non-hydrogen) atoms. The highest BCUT2D eigenvalue weighted by atomic mass is 16.5. The maximum atomic E-state index is 12.7. The average molecular weight is 346 g/mol. The van der Waals surface area contributed by atoms with Gasteiger partial charge in [-0.3, -0.25) is 9.69 Å². The molecule has 0 saturated carbocycles. The van der Waals surface area contributed by atoms with Crippen molar-refractivity contribution < 1.29 is 14.3 Å². The zero-order valence-electron chi connectivity index (χ0n) is 15.6. The molecule has 2 fully saturated rings. The molecule has 5 nitrogen and oxygen atoms in total. The van der Waals surface area contributed by atoms with E-state index in [9.17, 15) is 4.79 Å². The number of piperidine rings is 2. The van der Waals surface area contributed by atoms with Crippen molar-refractivity contribution in [1.82, 2.24) is 10.2 Å². The Kier molecular flexibility index (Phi) is 5.84. The highest BCUT2D eigenvalue weighted by molar-refractivity contribution is 5.95. The largest absolute Gasteiger partial charge is 0.493 e. The van der Waals surface area contributed by atoms with Crippen LogP contribution < -0.4 is 14.8 Å². The number of methoxy groups -OCH3 is 2. The van der Waals surface area contributed by atoms with Crippen molar-refractivity contribution in [2.45, 2.75) is 63.6 Å². The first-order chi connectivity index (χ1) is 12.2. The molecule has 0 radical (unpaired) electrons. The molecule has 138 valence electrons. The normalized spacial score (nSPS) is 26.1. The van der Waals surface area contributed by atoms with Crippen molar-refractivity contribution in [2.75, 3.05) is 20.8 Å². The summed E-state index contributed by atoms with van der Waals surface area (Å²) in [5, 5.41) is 3.25. The van der Waals surface area contributed by atoms with Gasteiger partial charge in [-0.05, 0) is 56.8 Å². The molecule has 1 N–H and O–H groups in total. The fourth-order valence-electron chi connectivity index (χ4n) is 4.47. The van der Waals surface area contributed by atoms with E-state index in [1.54, 1.807) is 32.4 Å². The maximum absolute atomic E-state index is 12.7. The van der Waals surface area contributed by atoms with E-state index in [1.807, 2.05) is 0 Å². The van der Waals surface area contributed by atoms with Gasteiger partial charge in [0.25, 0.3) is 5.91 Å².